The second-order valence-corrected chi connectivity index (χ2v) is 5.82. The normalized spacial score (nSPS) is 11.0. The number of thiazole rings is 1. The first kappa shape index (κ1) is 11.8. The molecule has 3 nitrogen and oxygen atoms in total. The van der Waals surface area contributed by atoms with Crippen molar-refractivity contribution in [2.24, 2.45) is 5.73 Å². The predicted molar refractivity (Wildman–Crippen MR) is 78.4 cm³/mol. The van der Waals surface area contributed by atoms with Crippen molar-refractivity contribution in [1.82, 2.24) is 9.97 Å². The van der Waals surface area contributed by atoms with Crippen molar-refractivity contribution in [1.29, 1.82) is 0 Å². The smallest absolute Gasteiger partial charge is 0.124 e. The third-order valence-electron chi connectivity index (χ3n) is 2.62. The van der Waals surface area contributed by atoms with Crippen molar-refractivity contribution in [2.45, 2.75) is 6.54 Å². The monoisotopic (exact) mass is 319 g/mol. The van der Waals surface area contributed by atoms with Crippen LogP contribution in [0.1, 0.15) is 5.69 Å². The molecule has 0 aliphatic carbocycles. The molecule has 0 aliphatic heterocycles. The molecule has 0 fully saturated rings. The van der Waals surface area contributed by atoms with Crippen molar-refractivity contribution < 1.29 is 0 Å². The maximum atomic E-state index is 5.61. The first-order valence-electron chi connectivity index (χ1n) is 5.48. The number of rotatable bonds is 2. The van der Waals surface area contributed by atoms with Crippen molar-refractivity contribution in [2.75, 3.05) is 0 Å². The number of aromatic nitrogens is 2. The van der Waals surface area contributed by atoms with Gasteiger partial charge in [0.25, 0.3) is 0 Å². The fourth-order valence-corrected chi connectivity index (χ4v) is 3.04. The molecule has 2 aromatic heterocycles. The van der Waals surface area contributed by atoms with Crippen LogP contribution in [0.15, 0.2) is 41.0 Å². The molecule has 2 heterocycles. The lowest BCUT2D eigenvalue weighted by atomic mass is 10.2. The van der Waals surface area contributed by atoms with Gasteiger partial charge >= 0.3 is 0 Å². The average molecular weight is 320 g/mol. The number of fused-ring (bicyclic) bond motifs is 1. The quantitative estimate of drug-likeness (QED) is 0.785. The molecule has 0 spiro atoms. The zero-order valence-corrected chi connectivity index (χ0v) is 11.8. The summed E-state index contributed by atoms with van der Waals surface area (Å²) in [5.74, 6) is 0. The van der Waals surface area contributed by atoms with Gasteiger partial charge in [-0.15, -0.1) is 11.3 Å². The standard InChI is InChI=1S/C13H10BrN3S/c14-9-1-2-12-11(6-9)17-13(18-12)8-3-4-16-10(5-8)7-15/h1-6H,7,15H2. The number of nitrogens with zero attached hydrogens (tertiary/aromatic N) is 2. The number of pyridine rings is 1. The van der Waals surface area contributed by atoms with E-state index in [1.165, 1.54) is 4.70 Å². The van der Waals surface area contributed by atoms with E-state index < -0.39 is 0 Å². The zero-order chi connectivity index (χ0) is 12.5. The fraction of sp³-hybridized carbons (Fsp3) is 0.0769. The summed E-state index contributed by atoms with van der Waals surface area (Å²) in [5, 5.41) is 1.00. The van der Waals surface area contributed by atoms with E-state index in [4.69, 9.17) is 5.73 Å². The summed E-state index contributed by atoms with van der Waals surface area (Å²) in [6, 6.07) is 10.1. The van der Waals surface area contributed by atoms with E-state index >= 15 is 0 Å². The topological polar surface area (TPSA) is 51.8 Å². The van der Waals surface area contributed by atoms with E-state index in [9.17, 15) is 0 Å². The van der Waals surface area contributed by atoms with Crippen molar-refractivity contribution in [3.05, 3.63) is 46.7 Å². The molecule has 18 heavy (non-hydrogen) atoms. The molecule has 3 rings (SSSR count). The Morgan fingerprint density at radius 1 is 1.22 bits per heavy atom. The molecule has 1 aromatic carbocycles. The van der Waals surface area contributed by atoms with Crippen molar-refractivity contribution >= 4 is 37.5 Å². The Morgan fingerprint density at radius 2 is 2.11 bits per heavy atom. The lowest BCUT2D eigenvalue weighted by molar-refractivity contribution is 0.991. The minimum absolute atomic E-state index is 0.449. The Balaban J connectivity index is 2.13. The van der Waals surface area contributed by atoms with E-state index in [1.807, 2.05) is 24.3 Å². The zero-order valence-electron chi connectivity index (χ0n) is 9.43. The number of hydrogen-bond donors (Lipinski definition) is 1. The summed E-state index contributed by atoms with van der Waals surface area (Å²) < 4.78 is 2.23. The number of nitrogens with two attached hydrogens (primary N) is 1. The molecule has 0 saturated heterocycles. The predicted octanol–water partition coefficient (Wildman–Crippen LogP) is 3.58. The van der Waals surface area contributed by atoms with Gasteiger partial charge in [0.15, 0.2) is 0 Å². The van der Waals surface area contributed by atoms with Gasteiger partial charge < -0.3 is 5.73 Å². The number of hydrogen-bond acceptors (Lipinski definition) is 4. The Bertz CT molecular complexity index is 708. The highest BCUT2D eigenvalue weighted by Crippen LogP contribution is 2.31. The highest BCUT2D eigenvalue weighted by Gasteiger charge is 2.07. The highest BCUT2D eigenvalue weighted by molar-refractivity contribution is 9.10. The van der Waals surface area contributed by atoms with Crippen LogP contribution in [0, 0.1) is 0 Å². The summed E-state index contributed by atoms with van der Waals surface area (Å²) in [7, 11) is 0. The Labute approximate surface area is 117 Å². The van der Waals surface area contributed by atoms with Gasteiger partial charge in [-0.05, 0) is 30.3 Å². The van der Waals surface area contributed by atoms with Gasteiger partial charge in [0.05, 0.1) is 15.9 Å². The molecule has 0 saturated carbocycles. The molecule has 0 unspecified atom stereocenters. The second-order valence-electron chi connectivity index (χ2n) is 3.87. The molecule has 90 valence electrons. The highest BCUT2D eigenvalue weighted by atomic mass is 79.9. The van der Waals surface area contributed by atoms with Gasteiger partial charge in [0.2, 0.25) is 0 Å². The van der Waals surface area contributed by atoms with Crippen LogP contribution >= 0.6 is 27.3 Å². The number of benzene rings is 1. The lowest BCUT2D eigenvalue weighted by Gasteiger charge is -1.98. The maximum absolute atomic E-state index is 5.61. The first-order chi connectivity index (χ1) is 8.76. The van der Waals surface area contributed by atoms with Crippen LogP contribution in [-0.4, -0.2) is 9.97 Å². The van der Waals surface area contributed by atoms with E-state index in [0.717, 1.165) is 26.3 Å². The second kappa shape index (κ2) is 4.76. The van der Waals surface area contributed by atoms with Gasteiger partial charge in [-0.3, -0.25) is 4.98 Å². The van der Waals surface area contributed by atoms with Crippen LogP contribution in [0.2, 0.25) is 0 Å². The summed E-state index contributed by atoms with van der Waals surface area (Å²) in [6.07, 6.45) is 1.78. The molecule has 0 bridgehead atoms. The minimum atomic E-state index is 0.449. The molecule has 2 N–H and O–H groups in total. The SMILES string of the molecule is NCc1cc(-c2nc3cc(Br)ccc3s2)ccn1. The van der Waals surface area contributed by atoms with Crippen molar-refractivity contribution in [3.8, 4) is 10.6 Å². The molecule has 0 radical (unpaired) electrons. The van der Waals surface area contributed by atoms with Gasteiger partial charge in [0.1, 0.15) is 5.01 Å². The van der Waals surface area contributed by atoms with Crippen LogP contribution < -0.4 is 5.73 Å². The van der Waals surface area contributed by atoms with E-state index in [1.54, 1.807) is 17.5 Å². The summed E-state index contributed by atoms with van der Waals surface area (Å²) >= 11 is 5.14. The molecular weight excluding hydrogens is 310 g/mol. The van der Waals surface area contributed by atoms with E-state index in [-0.39, 0.29) is 0 Å². The van der Waals surface area contributed by atoms with Crippen LogP contribution in [0.3, 0.4) is 0 Å². The maximum Gasteiger partial charge on any atom is 0.124 e. The molecule has 0 amide bonds. The molecule has 3 aromatic rings. The van der Waals surface area contributed by atoms with Crippen molar-refractivity contribution in [3.63, 3.8) is 0 Å². The molecule has 0 aliphatic rings. The van der Waals surface area contributed by atoms with Gasteiger partial charge in [0, 0.05) is 22.8 Å². The van der Waals surface area contributed by atoms with Gasteiger partial charge in [-0.25, -0.2) is 4.98 Å². The molecular formula is C13H10BrN3S. The van der Waals surface area contributed by atoms with Gasteiger partial charge in [-0.2, -0.15) is 0 Å². The van der Waals surface area contributed by atoms with Gasteiger partial charge in [-0.1, -0.05) is 15.9 Å². The third-order valence-corrected chi connectivity index (χ3v) is 4.20. The molecule has 0 atom stereocenters. The summed E-state index contributed by atoms with van der Waals surface area (Å²) in [6.45, 7) is 0.449. The van der Waals surface area contributed by atoms with Crippen LogP contribution in [0.5, 0.6) is 0 Å². The third kappa shape index (κ3) is 2.16. The van der Waals surface area contributed by atoms with Crippen LogP contribution in [-0.2, 0) is 6.54 Å². The van der Waals surface area contributed by atoms with E-state index in [2.05, 4.69) is 32.0 Å². The Kier molecular flexibility index (Phi) is 3.11. The average Bonchev–Trinajstić information content (AvgIpc) is 2.81. The largest absolute Gasteiger partial charge is 0.325 e. The summed E-state index contributed by atoms with van der Waals surface area (Å²) in [4.78, 5) is 8.83. The Hall–Kier alpha value is -1.30. The molecule has 5 heteroatoms. The van der Waals surface area contributed by atoms with E-state index in [0.29, 0.717) is 6.54 Å². The Morgan fingerprint density at radius 3 is 2.94 bits per heavy atom. The lowest BCUT2D eigenvalue weighted by Crippen LogP contribution is -1.98. The minimum Gasteiger partial charge on any atom is -0.325 e. The summed E-state index contributed by atoms with van der Waals surface area (Å²) in [5.41, 5.74) is 8.57. The first-order valence-corrected chi connectivity index (χ1v) is 7.08. The van der Waals surface area contributed by atoms with Crippen LogP contribution in [0.25, 0.3) is 20.8 Å². The fourth-order valence-electron chi connectivity index (χ4n) is 1.75. The van der Waals surface area contributed by atoms with Crippen LogP contribution in [0.4, 0.5) is 0 Å². The number of halogens is 1.